The van der Waals surface area contributed by atoms with Gasteiger partial charge in [-0.2, -0.15) is 0 Å². The zero-order chi connectivity index (χ0) is 22.5. The Kier molecular flexibility index (Phi) is 4.31. The molecule has 2 heterocycles. The second-order valence-electron chi connectivity index (χ2n) is 10.2. The summed E-state index contributed by atoms with van der Waals surface area (Å²) in [7, 11) is 0. The molecule has 2 nitrogen and oxygen atoms in total. The zero-order valence-corrected chi connectivity index (χ0v) is 18.3. The molecule has 158 valence electrons. The third kappa shape index (κ3) is 2.96. The predicted molar refractivity (Wildman–Crippen MR) is 123 cm³/mol. The number of aryl methyl sites for hydroxylation is 1. The van der Waals surface area contributed by atoms with Crippen molar-refractivity contribution < 1.29 is 4.11 Å². The number of benzene rings is 1. The normalized spacial score (nSPS) is 34.7. The second kappa shape index (κ2) is 7.67. The van der Waals surface area contributed by atoms with Crippen LogP contribution in [0.5, 0.6) is 0 Å². The Bertz CT molecular complexity index is 818. The van der Waals surface area contributed by atoms with Crippen molar-refractivity contribution in [2.45, 2.75) is 103 Å². The minimum Gasteiger partial charge on any atom is -0.352 e. The van der Waals surface area contributed by atoms with Crippen LogP contribution in [0, 0.1) is 24.2 Å². The highest BCUT2D eigenvalue weighted by molar-refractivity contribution is 5.56. The van der Waals surface area contributed by atoms with E-state index in [1.54, 1.807) is 0 Å². The molecule has 3 atom stereocenters. The highest BCUT2D eigenvalue weighted by atomic mass is 15.5. The van der Waals surface area contributed by atoms with Crippen molar-refractivity contribution >= 4 is 5.69 Å². The zero-order valence-electron chi connectivity index (χ0n) is 21.3. The Morgan fingerprint density at radius 1 is 0.931 bits per heavy atom. The SMILES string of the molecule is [2H]C([2H])([2H])C1N2C=CC(C3CCCCC3)(C3CCCCC3)C2[C@H](C)N1c1ccccc1C. The largest absolute Gasteiger partial charge is 0.352 e. The number of para-hydroxylation sites is 1. The first kappa shape index (κ1) is 16.3. The monoisotopic (exact) mass is 395 g/mol. The molecule has 0 bridgehead atoms. The van der Waals surface area contributed by atoms with Gasteiger partial charge < -0.3 is 9.80 Å². The second-order valence-corrected chi connectivity index (χ2v) is 10.2. The number of nitrogens with zero attached hydrogens (tertiary/aromatic N) is 2. The molecular weight excluding hydrogens is 352 g/mol. The summed E-state index contributed by atoms with van der Waals surface area (Å²) in [4.78, 5) is 4.55. The van der Waals surface area contributed by atoms with E-state index in [2.05, 4.69) is 60.2 Å². The minimum atomic E-state index is -2.06. The summed E-state index contributed by atoms with van der Waals surface area (Å²) < 4.78 is 25.7. The van der Waals surface area contributed by atoms with Crippen LogP contribution >= 0.6 is 0 Å². The lowest BCUT2D eigenvalue weighted by molar-refractivity contribution is 0.0152. The van der Waals surface area contributed by atoms with Crippen LogP contribution < -0.4 is 4.90 Å². The molecule has 2 heteroatoms. The average molecular weight is 396 g/mol. The summed E-state index contributed by atoms with van der Waals surface area (Å²) in [6.45, 7) is 2.36. The molecule has 0 N–H and O–H groups in total. The van der Waals surface area contributed by atoms with E-state index in [1.165, 1.54) is 69.8 Å². The van der Waals surface area contributed by atoms with Crippen LogP contribution in [0.3, 0.4) is 0 Å². The van der Waals surface area contributed by atoms with Crippen LogP contribution in [0.1, 0.15) is 87.7 Å². The number of anilines is 1. The lowest BCUT2D eigenvalue weighted by Gasteiger charge is -2.51. The summed E-state index contributed by atoms with van der Waals surface area (Å²) in [6.07, 6.45) is 17.4. The van der Waals surface area contributed by atoms with Crippen molar-refractivity contribution in [1.82, 2.24) is 4.90 Å². The molecule has 2 saturated carbocycles. The molecular formula is C27H40N2. The van der Waals surface area contributed by atoms with Crippen molar-refractivity contribution in [3.05, 3.63) is 42.1 Å². The Morgan fingerprint density at radius 3 is 2.14 bits per heavy atom. The Morgan fingerprint density at radius 2 is 1.55 bits per heavy atom. The Balaban J connectivity index is 1.62. The smallest absolute Gasteiger partial charge is 0.0989 e. The van der Waals surface area contributed by atoms with E-state index in [-0.39, 0.29) is 17.5 Å². The quantitative estimate of drug-likeness (QED) is 0.549. The van der Waals surface area contributed by atoms with Gasteiger partial charge in [-0.15, -0.1) is 0 Å². The van der Waals surface area contributed by atoms with Gasteiger partial charge in [0.1, 0.15) is 0 Å². The van der Waals surface area contributed by atoms with E-state index in [0.29, 0.717) is 11.8 Å². The molecule has 2 unspecified atom stereocenters. The van der Waals surface area contributed by atoms with E-state index in [1.807, 2.05) is 0 Å². The van der Waals surface area contributed by atoms with Crippen LogP contribution in [0.2, 0.25) is 0 Å². The minimum absolute atomic E-state index is 0.112. The van der Waals surface area contributed by atoms with Gasteiger partial charge in [-0.3, -0.25) is 0 Å². The molecule has 1 saturated heterocycles. The van der Waals surface area contributed by atoms with Gasteiger partial charge in [-0.1, -0.05) is 62.8 Å². The molecule has 0 aromatic heterocycles. The summed E-state index contributed by atoms with van der Waals surface area (Å²) in [6, 6.07) is 8.77. The van der Waals surface area contributed by atoms with E-state index >= 15 is 0 Å². The molecule has 2 aliphatic heterocycles. The van der Waals surface area contributed by atoms with E-state index < -0.39 is 13.0 Å². The van der Waals surface area contributed by atoms with Gasteiger partial charge in [0.2, 0.25) is 0 Å². The summed E-state index contributed by atoms with van der Waals surface area (Å²) in [5, 5.41) is 0. The molecule has 2 aliphatic carbocycles. The Hall–Kier alpha value is -1.44. The van der Waals surface area contributed by atoms with Crippen LogP contribution in [-0.2, 0) is 0 Å². The third-order valence-corrected chi connectivity index (χ3v) is 8.83. The van der Waals surface area contributed by atoms with Crippen molar-refractivity contribution in [3.63, 3.8) is 0 Å². The van der Waals surface area contributed by atoms with Crippen LogP contribution in [0.15, 0.2) is 36.5 Å². The fourth-order valence-electron chi connectivity index (χ4n) is 7.58. The van der Waals surface area contributed by atoms with Crippen molar-refractivity contribution in [2.24, 2.45) is 17.3 Å². The average Bonchev–Trinajstić information content (AvgIpc) is 3.32. The highest BCUT2D eigenvalue weighted by Crippen LogP contribution is 2.59. The molecule has 1 aromatic carbocycles. The number of hydrogen-bond donors (Lipinski definition) is 0. The molecule has 1 aromatic rings. The summed E-state index contributed by atoms with van der Waals surface area (Å²) >= 11 is 0. The van der Waals surface area contributed by atoms with Gasteiger partial charge in [0.15, 0.2) is 0 Å². The van der Waals surface area contributed by atoms with Crippen molar-refractivity contribution in [3.8, 4) is 0 Å². The molecule has 5 rings (SSSR count). The fourth-order valence-corrected chi connectivity index (χ4v) is 7.58. The number of hydrogen-bond acceptors (Lipinski definition) is 2. The fraction of sp³-hybridized carbons (Fsp3) is 0.704. The Labute approximate surface area is 182 Å². The van der Waals surface area contributed by atoms with Gasteiger partial charge in [0, 0.05) is 21.3 Å². The van der Waals surface area contributed by atoms with Gasteiger partial charge >= 0.3 is 0 Å². The van der Waals surface area contributed by atoms with E-state index in [4.69, 9.17) is 4.11 Å². The van der Waals surface area contributed by atoms with Gasteiger partial charge in [-0.05, 0) is 76.0 Å². The van der Waals surface area contributed by atoms with Gasteiger partial charge in [0.05, 0.1) is 12.2 Å². The highest BCUT2D eigenvalue weighted by Gasteiger charge is 2.60. The molecule has 0 amide bonds. The summed E-state index contributed by atoms with van der Waals surface area (Å²) in [5.74, 6) is 1.37. The van der Waals surface area contributed by atoms with Gasteiger partial charge in [0.25, 0.3) is 0 Å². The van der Waals surface area contributed by atoms with Crippen LogP contribution in [0.25, 0.3) is 0 Å². The molecule has 29 heavy (non-hydrogen) atoms. The molecule has 4 aliphatic rings. The summed E-state index contributed by atoms with van der Waals surface area (Å²) in [5.41, 5.74) is 2.37. The lowest BCUT2D eigenvalue weighted by Crippen LogP contribution is -2.53. The lowest BCUT2D eigenvalue weighted by atomic mass is 9.55. The first-order chi connectivity index (χ1) is 15.4. The molecule has 0 radical (unpaired) electrons. The predicted octanol–water partition coefficient (Wildman–Crippen LogP) is 6.89. The maximum absolute atomic E-state index is 8.56. The third-order valence-electron chi connectivity index (χ3n) is 8.83. The van der Waals surface area contributed by atoms with E-state index in [9.17, 15) is 0 Å². The molecule has 0 spiro atoms. The van der Waals surface area contributed by atoms with Crippen molar-refractivity contribution in [2.75, 3.05) is 4.90 Å². The van der Waals surface area contributed by atoms with Crippen molar-refractivity contribution in [1.29, 1.82) is 0 Å². The maximum Gasteiger partial charge on any atom is 0.0989 e. The van der Waals surface area contributed by atoms with Gasteiger partial charge in [-0.25, -0.2) is 0 Å². The van der Waals surface area contributed by atoms with Crippen LogP contribution in [0.4, 0.5) is 5.69 Å². The van der Waals surface area contributed by atoms with E-state index in [0.717, 1.165) is 5.69 Å². The number of fused-ring (bicyclic) bond motifs is 1. The van der Waals surface area contributed by atoms with Crippen LogP contribution in [-0.4, -0.2) is 23.1 Å². The standard InChI is InChI=1S/C27H40N2/c1-20-12-10-11-17-25(20)29-21(2)26-27(18-19-28(26)22(29)3,23-13-6-4-7-14-23)24-15-8-5-9-16-24/h10-12,17-19,21-24,26H,4-9,13-16H2,1-3H3/t21-,22?,26?/m0/s1/i3D3. The first-order valence-electron chi connectivity index (χ1n) is 13.7. The number of rotatable bonds is 3. The maximum atomic E-state index is 8.56. The topological polar surface area (TPSA) is 6.48 Å². The first-order valence-corrected chi connectivity index (χ1v) is 12.2. The molecule has 3 fully saturated rings.